The van der Waals surface area contributed by atoms with Crippen molar-refractivity contribution in [1.82, 2.24) is 9.62 Å². The molecule has 9 nitrogen and oxygen atoms in total. The summed E-state index contributed by atoms with van der Waals surface area (Å²) in [5.41, 5.74) is 8.05. The zero-order chi connectivity index (χ0) is 26.1. The second kappa shape index (κ2) is 10.5. The van der Waals surface area contributed by atoms with Gasteiger partial charge < -0.3 is 11.1 Å². The van der Waals surface area contributed by atoms with E-state index in [-0.39, 0.29) is 11.7 Å². The highest BCUT2D eigenvalue weighted by atomic mass is 32.2. The number of urea groups is 1. The monoisotopic (exact) mass is 517 g/mol. The molecule has 0 atom stereocenters. The lowest BCUT2D eigenvalue weighted by Gasteiger charge is -2.34. The summed E-state index contributed by atoms with van der Waals surface area (Å²) in [6.07, 6.45) is 8.16. The first-order chi connectivity index (χ1) is 17.0. The SMILES string of the molecule is Cc1cc(N(C)C(N)=O)cc(C)c1CCS(=O)(=O)N1CCC2(CC1)N=C(C1CCCCCC1)NC2=O. The van der Waals surface area contributed by atoms with Gasteiger partial charge in [-0.2, -0.15) is 0 Å². The van der Waals surface area contributed by atoms with Crippen LogP contribution in [0.2, 0.25) is 0 Å². The molecular weight excluding hydrogens is 478 g/mol. The molecule has 36 heavy (non-hydrogen) atoms. The first-order valence-corrected chi connectivity index (χ1v) is 14.7. The van der Waals surface area contributed by atoms with Crippen molar-refractivity contribution < 1.29 is 18.0 Å². The van der Waals surface area contributed by atoms with E-state index in [1.165, 1.54) is 34.9 Å². The van der Waals surface area contributed by atoms with Crippen molar-refractivity contribution in [2.24, 2.45) is 16.6 Å². The fourth-order valence-electron chi connectivity index (χ4n) is 5.81. The number of nitrogens with zero attached hydrogens (tertiary/aromatic N) is 3. The van der Waals surface area contributed by atoms with Crippen molar-refractivity contribution in [3.05, 3.63) is 28.8 Å². The summed E-state index contributed by atoms with van der Waals surface area (Å²) >= 11 is 0. The zero-order valence-corrected chi connectivity index (χ0v) is 22.5. The van der Waals surface area contributed by atoms with Crippen molar-refractivity contribution in [2.75, 3.05) is 30.8 Å². The number of hydrogen-bond donors (Lipinski definition) is 2. The molecule has 3 aliphatic rings. The van der Waals surface area contributed by atoms with Crippen LogP contribution < -0.4 is 16.0 Å². The number of amides is 3. The van der Waals surface area contributed by atoms with E-state index in [9.17, 15) is 18.0 Å². The van der Waals surface area contributed by atoms with Crippen molar-refractivity contribution in [1.29, 1.82) is 0 Å². The van der Waals surface area contributed by atoms with Gasteiger partial charge in [-0.25, -0.2) is 17.5 Å². The Hall–Kier alpha value is -2.46. The number of rotatable bonds is 6. The predicted octanol–water partition coefficient (Wildman–Crippen LogP) is 3.02. The molecule has 3 amide bonds. The molecule has 2 aliphatic heterocycles. The van der Waals surface area contributed by atoms with Crippen molar-refractivity contribution in [3.63, 3.8) is 0 Å². The molecule has 1 aliphatic carbocycles. The Morgan fingerprint density at radius 1 is 1.14 bits per heavy atom. The molecule has 10 heteroatoms. The minimum atomic E-state index is -3.49. The fourth-order valence-corrected chi connectivity index (χ4v) is 7.27. The third kappa shape index (κ3) is 5.44. The summed E-state index contributed by atoms with van der Waals surface area (Å²) in [4.78, 5) is 30.7. The second-order valence-electron chi connectivity index (χ2n) is 10.6. The molecule has 2 heterocycles. The summed E-state index contributed by atoms with van der Waals surface area (Å²) in [7, 11) is -1.88. The number of benzene rings is 1. The van der Waals surface area contributed by atoms with Crippen molar-refractivity contribution >= 4 is 33.5 Å². The lowest BCUT2D eigenvalue weighted by atomic mass is 9.89. The summed E-state index contributed by atoms with van der Waals surface area (Å²) in [6, 6.07) is 3.16. The van der Waals surface area contributed by atoms with Gasteiger partial charge in [-0.05, 0) is 74.8 Å². The normalized spacial score (nSPS) is 21.2. The minimum absolute atomic E-state index is 0.00449. The van der Waals surface area contributed by atoms with Gasteiger partial charge in [0.2, 0.25) is 10.0 Å². The Kier molecular flexibility index (Phi) is 7.75. The molecule has 1 aromatic carbocycles. The summed E-state index contributed by atoms with van der Waals surface area (Å²) in [6.45, 7) is 4.44. The Labute approximate surface area is 214 Å². The van der Waals surface area contributed by atoms with Crippen LogP contribution in [0, 0.1) is 19.8 Å². The van der Waals surface area contributed by atoms with E-state index in [2.05, 4.69) is 5.32 Å². The van der Waals surface area contributed by atoms with E-state index in [1.807, 2.05) is 26.0 Å². The van der Waals surface area contributed by atoms with Crippen LogP contribution in [0.1, 0.15) is 68.1 Å². The molecule has 0 radical (unpaired) electrons. The van der Waals surface area contributed by atoms with E-state index in [0.717, 1.165) is 35.4 Å². The van der Waals surface area contributed by atoms with Crippen LogP contribution in [-0.4, -0.2) is 61.9 Å². The molecule has 1 saturated heterocycles. The topological polar surface area (TPSA) is 125 Å². The predicted molar refractivity (Wildman–Crippen MR) is 142 cm³/mol. The number of nitrogens with two attached hydrogens (primary N) is 1. The van der Waals surface area contributed by atoms with E-state index in [1.54, 1.807) is 7.05 Å². The molecule has 1 aromatic rings. The van der Waals surface area contributed by atoms with Gasteiger partial charge in [0.15, 0.2) is 0 Å². The summed E-state index contributed by atoms with van der Waals surface area (Å²) < 4.78 is 27.9. The number of hydrogen-bond acceptors (Lipinski definition) is 5. The number of sulfonamides is 1. The van der Waals surface area contributed by atoms with Crippen LogP contribution >= 0.6 is 0 Å². The number of amidine groups is 1. The molecule has 198 valence electrons. The number of carbonyl (C=O) groups is 2. The van der Waals surface area contributed by atoms with Gasteiger partial charge >= 0.3 is 6.03 Å². The number of aryl methyl sites for hydroxylation is 2. The maximum atomic E-state index is 13.2. The fraction of sp³-hybridized carbons (Fsp3) is 0.654. The van der Waals surface area contributed by atoms with Crippen molar-refractivity contribution in [2.45, 2.75) is 77.2 Å². The third-order valence-corrected chi connectivity index (χ3v) is 10.1. The van der Waals surface area contributed by atoms with Gasteiger partial charge in [0.1, 0.15) is 11.4 Å². The summed E-state index contributed by atoms with van der Waals surface area (Å²) in [5, 5.41) is 3.05. The van der Waals surface area contributed by atoms with Crippen LogP contribution in [0.4, 0.5) is 10.5 Å². The maximum absolute atomic E-state index is 13.2. The largest absolute Gasteiger partial charge is 0.351 e. The molecule has 0 bridgehead atoms. The Bertz CT molecular complexity index is 1120. The van der Waals surface area contributed by atoms with Gasteiger partial charge in [-0.15, -0.1) is 0 Å². The quantitative estimate of drug-likeness (QED) is 0.563. The van der Waals surface area contributed by atoms with E-state index >= 15 is 0 Å². The van der Waals surface area contributed by atoms with Gasteiger partial charge in [-0.1, -0.05) is 25.7 Å². The minimum Gasteiger partial charge on any atom is -0.351 e. The van der Waals surface area contributed by atoms with Gasteiger partial charge in [0.25, 0.3) is 5.91 Å². The van der Waals surface area contributed by atoms with Gasteiger partial charge in [0, 0.05) is 31.7 Å². The second-order valence-corrected chi connectivity index (χ2v) is 12.7. The van der Waals surface area contributed by atoms with Gasteiger partial charge in [0.05, 0.1) is 5.75 Å². The zero-order valence-electron chi connectivity index (χ0n) is 21.7. The maximum Gasteiger partial charge on any atom is 0.318 e. The molecule has 1 spiro atoms. The number of carbonyl (C=O) groups excluding carboxylic acids is 2. The third-order valence-electron chi connectivity index (χ3n) is 8.19. The first kappa shape index (κ1) is 26.6. The highest BCUT2D eigenvalue weighted by Crippen LogP contribution is 2.34. The molecule has 2 fully saturated rings. The first-order valence-electron chi connectivity index (χ1n) is 13.0. The average Bonchev–Trinajstić information content (AvgIpc) is 3.00. The van der Waals surface area contributed by atoms with E-state index in [0.29, 0.717) is 44.0 Å². The number of aliphatic imine (C=N–C) groups is 1. The molecule has 0 unspecified atom stereocenters. The Morgan fingerprint density at radius 2 is 1.72 bits per heavy atom. The summed E-state index contributed by atoms with van der Waals surface area (Å²) in [5.74, 6) is 1.08. The van der Waals surface area contributed by atoms with Crippen molar-refractivity contribution in [3.8, 4) is 0 Å². The molecular formula is C26H39N5O4S. The lowest BCUT2D eigenvalue weighted by Crippen LogP contribution is -2.51. The molecule has 0 aromatic heterocycles. The Morgan fingerprint density at radius 3 is 2.28 bits per heavy atom. The van der Waals surface area contributed by atoms with Crippen LogP contribution in [0.5, 0.6) is 0 Å². The van der Waals surface area contributed by atoms with E-state index in [4.69, 9.17) is 10.7 Å². The number of piperidine rings is 1. The highest BCUT2D eigenvalue weighted by Gasteiger charge is 2.48. The number of primary amides is 1. The Balaban J connectivity index is 1.39. The highest BCUT2D eigenvalue weighted by molar-refractivity contribution is 7.89. The van der Waals surface area contributed by atoms with Crippen LogP contribution in [-0.2, 0) is 21.2 Å². The molecule has 3 N–H and O–H groups in total. The molecule has 1 saturated carbocycles. The average molecular weight is 518 g/mol. The smallest absolute Gasteiger partial charge is 0.318 e. The van der Waals surface area contributed by atoms with Gasteiger partial charge in [-0.3, -0.25) is 14.7 Å². The molecule has 4 rings (SSSR count). The van der Waals surface area contributed by atoms with Crippen LogP contribution in [0.25, 0.3) is 0 Å². The number of nitrogens with one attached hydrogen (secondary N) is 1. The lowest BCUT2D eigenvalue weighted by molar-refractivity contribution is -0.125. The van der Waals surface area contributed by atoms with Crippen LogP contribution in [0.3, 0.4) is 0 Å². The standard InChI is InChI=1S/C26H39N5O4S/c1-18-16-21(30(3)25(27)33)17-19(2)22(18)10-15-36(34,35)31-13-11-26(12-14-31)24(32)28-23(29-26)20-8-6-4-5-7-9-20/h16-17,20H,4-15H2,1-3H3,(H2,27,33)(H,28,29,32). The van der Waals surface area contributed by atoms with Crippen LogP contribution in [0.15, 0.2) is 17.1 Å². The number of anilines is 1. The van der Waals surface area contributed by atoms with E-state index < -0.39 is 21.6 Å².